The molecule has 3 amide bonds. The first kappa shape index (κ1) is 25.3. The normalized spacial score (nSPS) is 16.2. The van der Waals surface area contributed by atoms with Gasteiger partial charge in [0.25, 0.3) is 5.91 Å². The number of nitrogens with zero attached hydrogens (tertiary/aromatic N) is 1. The van der Waals surface area contributed by atoms with E-state index in [2.05, 4.69) is 16.0 Å². The molecule has 1 aliphatic rings. The van der Waals surface area contributed by atoms with E-state index in [0.29, 0.717) is 56.9 Å². The predicted octanol–water partition coefficient (Wildman–Crippen LogP) is 0.535. The van der Waals surface area contributed by atoms with Crippen LogP contribution in [0.3, 0.4) is 0 Å². The van der Waals surface area contributed by atoms with Gasteiger partial charge in [-0.25, -0.2) is 0 Å². The molecule has 1 aromatic carbocycles. The van der Waals surface area contributed by atoms with Crippen molar-refractivity contribution in [2.75, 3.05) is 51.8 Å². The molecule has 176 valence electrons. The SMILES string of the molecule is CCCOC(=O)CC1C(=O)NCCN1CC(=O)Nc1cccc(C(=O)NCCCOC)c1. The second-order valence-corrected chi connectivity index (χ2v) is 7.43. The molecule has 1 fully saturated rings. The summed E-state index contributed by atoms with van der Waals surface area (Å²) in [7, 11) is 1.60. The molecule has 1 heterocycles. The predicted molar refractivity (Wildman–Crippen MR) is 118 cm³/mol. The Morgan fingerprint density at radius 3 is 2.81 bits per heavy atom. The first-order chi connectivity index (χ1) is 15.4. The van der Waals surface area contributed by atoms with Gasteiger partial charge in [0.1, 0.15) is 6.04 Å². The molecule has 3 N–H and O–H groups in total. The Morgan fingerprint density at radius 2 is 2.06 bits per heavy atom. The lowest BCUT2D eigenvalue weighted by Gasteiger charge is -2.33. The Labute approximate surface area is 188 Å². The van der Waals surface area contributed by atoms with Gasteiger partial charge in [0.05, 0.1) is 19.6 Å². The minimum absolute atomic E-state index is 0.0629. The van der Waals surface area contributed by atoms with Crippen molar-refractivity contribution in [1.82, 2.24) is 15.5 Å². The second-order valence-electron chi connectivity index (χ2n) is 7.43. The van der Waals surface area contributed by atoms with Gasteiger partial charge in [0.15, 0.2) is 0 Å². The summed E-state index contributed by atoms with van der Waals surface area (Å²) in [5.41, 5.74) is 0.897. The lowest BCUT2D eigenvalue weighted by Crippen LogP contribution is -2.57. The molecule has 1 aromatic rings. The highest BCUT2D eigenvalue weighted by Crippen LogP contribution is 2.13. The topological polar surface area (TPSA) is 126 Å². The van der Waals surface area contributed by atoms with E-state index in [0.717, 1.165) is 0 Å². The standard InChI is InChI=1S/C22H32N4O6/c1-3-11-32-20(28)14-18-22(30)24-9-10-26(18)15-19(27)25-17-7-4-6-16(13-17)21(29)23-8-5-12-31-2/h4,6-7,13,18H,3,5,8-12,14-15H2,1-2H3,(H,23,29)(H,24,30)(H,25,27). The molecule has 10 heteroatoms. The fourth-order valence-corrected chi connectivity index (χ4v) is 3.25. The lowest BCUT2D eigenvalue weighted by atomic mass is 10.1. The van der Waals surface area contributed by atoms with Crippen molar-refractivity contribution < 1.29 is 28.7 Å². The molecular weight excluding hydrogens is 416 g/mol. The van der Waals surface area contributed by atoms with Gasteiger partial charge >= 0.3 is 5.97 Å². The number of carbonyl (C=O) groups excluding carboxylic acids is 4. The average Bonchev–Trinajstić information content (AvgIpc) is 2.77. The number of ether oxygens (including phenoxy) is 2. The second kappa shape index (κ2) is 13.4. The summed E-state index contributed by atoms with van der Waals surface area (Å²) in [6.07, 6.45) is 1.28. The molecular formula is C22H32N4O6. The number of methoxy groups -OCH3 is 1. The van der Waals surface area contributed by atoms with Gasteiger partial charge in [-0.3, -0.25) is 24.1 Å². The Balaban J connectivity index is 1.93. The number of amides is 3. The number of anilines is 1. The molecule has 1 saturated heterocycles. The maximum absolute atomic E-state index is 12.6. The Morgan fingerprint density at radius 1 is 1.25 bits per heavy atom. The number of rotatable bonds is 12. The first-order valence-electron chi connectivity index (χ1n) is 10.8. The Hall–Kier alpha value is -2.98. The van der Waals surface area contributed by atoms with Crippen molar-refractivity contribution in [2.45, 2.75) is 32.2 Å². The van der Waals surface area contributed by atoms with Crippen LogP contribution < -0.4 is 16.0 Å². The number of nitrogens with one attached hydrogen (secondary N) is 3. The summed E-state index contributed by atoms with van der Waals surface area (Å²) in [6.45, 7) is 4.00. The first-order valence-corrected chi connectivity index (χ1v) is 10.8. The molecule has 0 aromatic heterocycles. The van der Waals surface area contributed by atoms with E-state index in [4.69, 9.17) is 9.47 Å². The third kappa shape index (κ3) is 8.27. The van der Waals surface area contributed by atoms with Gasteiger partial charge in [-0.05, 0) is 31.0 Å². The molecule has 1 unspecified atom stereocenters. The zero-order valence-electron chi connectivity index (χ0n) is 18.6. The van der Waals surface area contributed by atoms with Crippen molar-refractivity contribution in [1.29, 1.82) is 0 Å². The van der Waals surface area contributed by atoms with Crippen LogP contribution >= 0.6 is 0 Å². The number of esters is 1. The molecule has 0 spiro atoms. The summed E-state index contributed by atoms with van der Waals surface area (Å²) in [5, 5.41) is 8.27. The smallest absolute Gasteiger partial charge is 0.307 e. The molecule has 1 atom stereocenters. The van der Waals surface area contributed by atoms with Crippen LogP contribution in [0, 0.1) is 0 Å². The third-order valence-electron chi connectivity index (χ3n) is 4.83. The monoisotopic (exact) mass is 448 g/mol. The maximum Gasteiger partial charge on any atom is 0.307 e. The largest absolute Gasteiger partial charge is 0.466 e. The van der Waals surface area contributed by atoms with E-state index < -0.39 is 12.0 Å². The fraction of sp³-hybridized carbons (Fsp3) is 0.545. The zero-order chi connectivity index (χ0) is 23.3. The van der Waals surface area contributed by atoms with Crippen LogP contribution in [0.2, 0.25) is 0 Å². The number of hydrogen-bond acceptors (Lipinski definition) is 7. The molecule has 2 rings (SSSR count). The van der Waals surface area contributed by atoms with Crippen LogP contribution in [0.15, 0.2) is 24.3 Å². The summed E-state index contributed by atoms with van der Waals surface area (Å²) in [4.78, 5) is 50.8. The maximum atomic E-state index is 12.6. The van der Waals surface area contributed by atoms with E-state index in [1.54, 1.807) is 36.3 Å². The lowest BCUT2D eigenvalue weighted by molar-refractivity contribution is -0.148. The highest BCUT2D eigenvalue weighted by atomic mass is 16.5. The van der Waals surface area contributed by atoms with Crippen LogP contribution in [-0.4, -0.2) is 81.1 Å². The average molecular weight is 449 g/mol. The molecule has 0 aliphatic carbocycles. The fourth-order valence-electron chi connectivity index (χ4n) is 3.25. The van der Waals surface area contributed by atoms with Crippen LogP contribution in [-0.2, 0) is 23.9 Å². The molecule has 32 heavy (non-hydrogen) atoms. The number of hydrogen-bond donors (Lipinski definition) is 3. The van der Waals surface area contributed by atoms with Gasteiger partial charge in [-0.2, -0.15) is 0 Å². The van der Waals surface area contributed by atoms with Crippen LogP contribution in [0.4, 0.5) is 5.69 Å². The van der Waals surface area contributed by atoms with Gasteiger partial charge < -0.3 is 25.4 Å². The van der Waals surface area contributed by atoms with Gasteiger partial charge in [0, 0.05) is 44.6 Å². The summed E-state index contributed by atoms with van der Waals surface area (Å²) >= 11 is 0. The number of benzene rings is 1. The van der Waals surface area contributed by atoms with Crippen LogP contribution in [0.5, 0.6) is 0 Å². The highest BCUT2D eigenvalue weighted by molar-refractivity contribution is 5.98. The van der Waals surface area contributed by atoms with E-state index >= 15 is 0 Å². The Bertz CT molecular complexity index is 800. The summed E-state index contributed by atoms with van der Waals surface area (Å²) in [6, 6.07) is 5.85. The zero-order valence-corrected chi connectivity index (χ0v) is 18.6. The van der Waals surface area contributed by atoms with Crippen molar-refractivity contribution in [3.05, 3.63) is 29.8 Å². The van der Waals surface area contributed by atoms with Crippen molar-refractivity contribution in [3.63, 3.8) is 0 Å². The molecule has 0 saturated carbocycles. The molecule has 10 nitrogen and oxygen atoms in total. The number of carbonyl (C=O) groups is 4. The van der Waals surface area contributed by atoms with Gasteiger partial charge in [-0.15, -0.1) is 0 Å². The minimum atomic E-state index is -0.761. The van der Waals surface area contributed by atoms with E-state index in [1.165, 1.54) is 0 Å². The van der Waals surface area contributed by atoms with Crippen LogP contribution in [0.25, 0.3) is 0 Å². The van der Waals surface area contributed by atoms with E-state index in [1.807, 2.05) is 6.92 Å². The summed E-state index contributed by atoms with van der Waals surface area (Å²) in [5.74, 6) is -1.35. The molecule has 0 bridgehead atoms. The minimum Gasteiger partial charge on any atom is -0.466 e. The third-order valence-corrected chi connectivity index (χ3v) is 4.83. The van der Waals surface area contributed by atoms with E-state index in [-0.39, 0.29) is 30.7 Å². The van der Waals surface area contributed by atoms with Crippen molar-refractivity contribution in [3.8, 4) is 0 Å². The van der Waals surface area contributed by atoms with Crippen molar-refractivity contribution in [2.24, 2.45) is 0 Å². The van der Waals surface area contributed by atoms with E-state index in [9.17, 15) is 19.2 Å². The quantitative estimate of drug-likeness (QED) is 0.315. The van der Waals surface area contributed by atoms with Crippen LogP contribution in [0.1, 0.15) is 36.5 Å². The number of piperazine rings is 1. The molecule has 0 radical (unpaired) electrons. The summed E-state index contributed by atoms with van der Waals surface area (Å²) < 4.78 is 10.0. The molecule has 1 aliphatic heterocycles. The Kier molecular flexibility index (Phi) is 10.6. The highest BCUT2D eigenvalue weighted by Gasteiger charge is 2.33. The van der Waals surface area contributed by atoms with Gasteiger partial charge in [0.2, 0.25) is 11.8 Å². The van der Waals surface area contributed by atoms with Crippen molar-refractivity contribution >= 4 is 29.4 Å². The van der Waals surface area contributed by atoms with Gasteiger partial charge in [-0.1, -0.05) is 13.0 Å².